The minimum atomic E-state index is -0.440. The monoisotopic (exact) mass is 383 g/mol. The van der Waals surface area contributed by atoms with Crippen molar-refractivity contribution in [3.63, 3.8) is 0 Å². The number of carbonyl (C=O) groups is 3. The summed E-state index contributed by atoms with van der Waals surface area (Å²) < 4.78 is 4.92. The van der Waals surface area contributed by atoms with Gasteiger partial charge in [-0.1, -0.05) is 19.8 Å². The number of anilines is 1. The first-order valence-corrected chi connectivity index (χ1v) is 9.38. The standard InChI is InChI=1S/C21H25N3O4/c1-3-5-6-12-23-19(25)16-11-13-22-18(14-16)20(26)24-17-9-7-15(8-10-17)21(27)28-4-2/h7-11,13-14H,3-6,12H2,1-2H3,(H,23,25)(H,24,26). The molecular weight excluding hydrogens is 358 g/mol. The maximum absolute atomic E-state index is 12.4. The molecule has 0 aliphatic heterocycles. The first-order valence-electron chi connectivity index (χ1n) is 9.38. The lowest BCUT2D eigenvalue weighted by Crippen LogP contribution is -2.25. The van der Waals surface area contributed by atoms with Crippen molar-refractivity contribution in [2.75, 3.05) is 18.5 Å². The molecule has 0 saturated heterocycles. The van der Waals surface area contributed by atoms with E-state index in [0.29, 0.717) is 30.0 Å². The van der Waals surface area contributed by atoms with Gasteiger partial charge in [0.05, 0.1) is 12.2 Å². The molecule has 0 radical (unpaired) electrons. The molecule has 7 nitrogen and oxygen atoms in total. The second-order valence-electron chi connectivity index (χ2n) is 6.14. The summed E-state index contributed by atoms with van der Waals surface area (Å²) in [4.78, 5) is 40.3. The van der Waals surface area contributed by atoms with Crippen LogP contribution in [0, 0.1) is 0 Å². The van der Waals surface area contributed by atoms with Crippen molar-refractivity contribution in [1.29, 1.82) is 0 Å². The number of nitrogens with one attached hydrogen (secondary N) is 2. The number of esters is 1. The van der Waals surface area contributed by atoms with E-state index in [1.807, 2.05) is 0 Å². The van der Waals surface area contributed by atoms with Gasteiger partial charge in [0.1, 0.15) is 5.69 Å². The zero-order chi connectivity index (χ0) is 20.4. The zero-order valence-corrected chi connectivity index (χ0v) is 16.2. The maximum atomic E-state index is 12.4. The fourth-order valence-electron chi connectivity index (χ4n) is 2.47. The Bertz CT molecular complexity index is 819. The van der Waals surface area contributed by atoms with Crippen LogP contribution in [-0.2, 0) is 4.74 Å². The Morgan fingerprint density at radius 1 is 0.964 bits per heavy atom. The average Bonchev–Trinajstić information content (AvgIpc) is 2.72. The number of ether oxygens (including phenoxy) is 1. The van der Waals surface area contributed by atoms with Crippen LogP contribution >= 0.6 is 0 Å². The first kappa shape index (κ1) is 21.1. The number of amides is 2. The van der Waals surface area contributed by atoms with Crippen LogP contribution in [0.2, 0.25) is 0 Å². The second-order valence-corrected chi connectivity index (χ2v) is 6.14. The fourth-order valence-corrected chi connectivity index (χ4v) is 2.47. The van der Waals surface area contributed by atoms with Gasteiger partial charge >= 0.3 is 5.97 Å². The molecule has 2 rings (SSSR count). The third kappa shape index (κ3) is 6.19. The van der Waals surface area contributed by atoms with E-state index >= 15 is 0 Å². The molecule has 1 heterocycles. The van der Waals surface area contributed by atoms with E-state index in [1.54, 1.807) is 37.3 Å². The molecule has 0 saturated carbocycles. The number of hydrogen-bond acceptors (Lipinski definition) is 5. The highest BCUT2D eigenvalue weighted by atomic mass is 16.5. The number of aromatic nitrogens is 1. The van der Waals surface area contributed by atoms with Gasteiger partial charge in [-0.05, 0) is 49.7 Å². The van der Waals surface area contributed by atoms with E-state index in [2.05, 4.69) is 22.5 Å². The molecule has 0 aliphatic carbocycles. The van der Waals surface area contributed by atoms with Crippen molar-refractivity contribution in [2.24, 2.45) is 0 Å². The summed E-state index contributed by atoms with van der Waals surface area (Å²) >= 11 is 0. The van der Waals surface area contributed by atoms with E-state index in [0.717, 1.165) is 19.3 Å². The molecule has 148 valence electrons. The second kappa shape index (κ2) is 10.8. The number of hydrogen-bond donors (Lipinski definition) is 2. The highest BCUT2D eigenvalue weighted by molar-refractivity contribution is 6.05. The summed E-state index contributed by atoms with van der Waals surface area (Å²) in [5.74, 6) is -1.09. The SMILES string of the molecule is CCCCCNC(=O)c1ccnc(C(=O)Nc2ccc(C(=O)OCC)cc2)c1. The van der Waals surface area contributed by atoms with Crippen LogP contribution in [0.3, 0.4) is 0 Å². The van der Waals surface area contributed by atoms with Crippen molar-refractivity contribution in [1.82, 2.24) is 10.3 Å². The van der Waals surface area contributed by atoms with E-state index in [1.165, 1.54) is 12.3 Å². The summed E-state index contributed by atoms with van der Waals surface area (Å²) in [6.45, 7) is 4.73. The van der Waals surface area contributed by atoms with Crippen molar-refractivity contribution < 1.29 is 19.1 Å². The van der Waals surface area contributed by atoms with Gasteiger partial charge in [0, 0.05) is 24.0 Å². The topological polar surface area (TPSA) is 97.4 Å². The quantitative estimate of drug-likeness (QED) is 0.511. The molecule has 0 fully saturated rings. The number of unbranched alkanes of at least 4 members (excludes halogenated alkanes) is 2. The molecule has 0 aliphatic rings. The minimum Gasteiger partial charge on any atom is -0.462 e. The van der Waals surface area contributed by atoms with Gasteiger partial charge in [0.15, 0.2) is 0 Å². The van der Waals surface area contributed by atoms with Crippen molar-refractivity contribution in [2.45, 2.75) is 33.1 Å². The lowest BCUT2D eigenvalue weighted by molar-refractivity contribution is 0.0526. The molecule has 0 spiro atoms. The van der Waals surface area contributed by atoms with Crippen LogP contribution in [-0.4, -0.2) is 35.9 Å². The summed E-state index contributed by atoms with van der Waals surface area (Å²) in [6.07, 6.45) is 4.48. The minimum absolute atomic E-state index is 0.135. The Hall–Kier alpha value is -3.22. The summed E-state index contributed by atoms with van der Waals surface area (Å²) in [5.41, 5.74) is 1.43. The van der Waals surface area contributed by atoms with Gasteiger partial charge in [-0.15, -0.1) is 0 Å². The third-order valence-electron chi connectivity index (χ3n) is 3.97. The predicted molar refractivity (Wildman–Crippen MR) is 106 cm³/mol. The Kier molecular flexibility index (Phi) is 8.14. The summed E-state index contributed by atoms with van der Waals surface area (Å²) in [7, 11) is 0. The highest BCUT2D eigenvalue weighted by Crippen LogP contribution is 2.12. The molecule has 2 aromatic rings. The van der Waals surface area contributed by atoms with E-state index in [9.17, 15) is 14.4 Å². The molecule has 0 unspecified atom stereocenters. The predicted octanol–water partition coefficient (Wildman–Crippen LogP) is 3.43. The van der Waals surface area contributed by atoms with Gasteiger partial charge in [-0.3, -0.25) is 14.6 Å². The molecule has 28 heavy (non-hydrogen) atoms. The van der Waals surface area contributed by atoms with Gasteiger partial charge in [0.2, 0.25) is 0 Å². The average molecular weight is 383 g/mol. The van der Waals surface area contributed by atoms with Crippen LogP contribution in [0.4, 0.5) is 5.69 Å². The third-order valence-corrected chi connectivity index (χ3v) is 3.97. The molecule has 1 aromatic heterocycles. The van der Waals surface area contributed by atoms with Crippen molar-refractivity contribution >= 4 is 23.5 Å². The number of carbonyl (C=O) groups excluding carboxylic acids is 3. The van der Waals surface area contributed by atoms with Crippen molar-refractivity contribution in [3.05, 3.63) is 59.4 Å². The van der Waals surface area contributed by atoms with Crippen LogP contribution in [0.5, 0.6) is 0 Å². The Balaban J connectivity index is 1.98. The van der Waals surface area contributed by atoms with Gasteiger partial charge in [-0.25, -0.2) is 4.79 Å². The van der Waals surface area contributed by atoms with E-state index in [4.69, 9.17) is 4.74 Å². The van der Waals surface area contributed by atoms with Gasteiger partial charge in [0.25, 0.3) is 11.8 Å². The molecule has 2 amide bonds. The molecule has 2 N–H and O–H groups in total. The number of rotatable bonds is 9. The lowest BCUT2D eigenvalue weighted by Gasteiger charge is -2.08. The van der Waals surface area contributed by atoms with Crippen LogP contribution in [0.1, 0.15) is 64.3 Å². The Morgan fingerprint density at radius 3 is 2.39 bits per heavy atom. The molecular formula is C21H25N3O4. The van der Waals surface area contributed by atoms with Gasteiger partial charge in [-0.2, -0.15) is 0 Å². The number of nitrogens with zero attached hydrogens (tertiary/aromatic N) is 1. The fraction of sp³-hybridized carbons (Fsp3) is 0.333. The molecule has 1 aromatic carbocycles. The van der Waals surface area contributed by atoms with E-state index in [-0.39, 0.29) is 11.6 Å². The molecule has 0 bridgehead atoms. The maximum Gasteiger partial charge on any atom is 0.338 e. The van der Waals surface area contributed by atoms with Crippen LogP contribution < -0.4 is 10.6 Å². The summed E-state index contributed by atoms with van der Waals surface area (Å²) in [5, 5.41) is 5.53. The number of pyridine rings is 1. The molecule has 0 atom stereocenters. The summed E-state index contributed by atoms with van der Waals surface area (Å²) in [6, 6.07) is 9.38. The zero-order valence-electron chi connectivity index (χ0n) is 16.2. The molecule has 7 heteroatoms. The highest BCUT2D eigenvalue weighted by Gasteiger charge is 2.13. The lowest BCUT2D eigenvalue weighted by atomic mass is 10.2. The smallest absolute Gasteiger partial charge is 0.338 e. The normalized spacial score (nSPS) is 10.2. The van der Waals surface area contributed by atoms with E-state index < -0.39 is 11.9 Å². The number of benzene rings is 1. The Morgan fingerprint density at radius 2 is 1.71 bits per heavy atom. The van der Waals surface area contributed by atoms with Gasteiger partial charge < -0.3 is 15.4 Å². The van der Waals surface area contributed by atoms with Crippen molar-refractivity contribution in [3.8, 4) is 0 Å². The largest absolute Gasteiger partial charge is 0.462 e. The first-order chi connectivity index (χ1) is 13.5. The van der Waals surface area contributed by atoms with Crippen LogP contribution in [0.25, 0.3) is 0 Å². The Labute approximate surface area is 164 Å². The van der Waals surface area contributed by atoms with Crippen LogP contribution in [0.15, 0.2) is 42.6 Å².